The van der Waals surface area contributed by atoms with Gasteiger partial charge in [0.1, 0.15) is 11.3 Å². The molecule has 6 nitrogen and oxygen atoms in total. The second-order valence-corrected chi connectivity index (χ2v) is 6.05. The van der Waals surface area contributed by atoms with E-state index in [1.165, 1.54) is 0 Å². The standard InChI is InChI=1S/C20H16N2O4/c1-12-9-16-17(26-20(25)18(16)19(24)21-12)10-14-7-8-15(11-23)22(14)13-5-3-2-4-6-13/h2-10,23H,11H2,1H3,(H,21,24)/b17-10-. The molecule has 4 rings (SSSR count). The van der Waals surface area contributed by atoms with Gasteiger partial charge in [-0.1, -0.05) is 18.2 Å². The van der Waals surface area contributed by atoms with Gasteiger partial charge in [0, 0.05) is 34.4 Å². The number of nitrogens with zero attached hydrogens (tertiary/aromatic N) is 1. The zero-order valence-electron chi connectivity index (χ0n) is 14.0. The van der Waals surface area contributed by atoms with Crippen molar-refractivity contribution in [2.45, 2.75) is 13.5 Å². The van der Waals surface area contributed by atoms with Crippen LogP contribution in [0, 0.1) is 6.92 Å². The van der Waals surface area contributed by atoms with Crippen molar-refractivity contribution in [3.63, 3.8) is 0 Å². The van der Waals surface area contributed by atoms with Gasteiger partial charge in [-0.3, -0.25) is 4.79 Å². The summed E-state index contributed by atoms with van der Waals surface area (Å²) in [7, 11) is 0. The molecule has 0 saturated carbocycles. The Morgan fingerprint density at radius 2 is 1.92 bits per heavy atom. The van der Waals surface area contributed by atoms with Gasteiger partial charge in [0.05, 0.1) is 6.61 Å². The molecule has 1 aliphatic heterocycles. The highest BCUT2D eigenvalue weighted by atomic mass is 16.5. The number of carbonyl (C=O) groups excluding carboxylic acids is 1. The Labute approximate surface area is 149 Å². The molecule has 0 atom stereocenters. The van der Waals surface area contributed by atoms with Gasteiger partial charge in [0.2, 0.25) is 0 Å². The quantitative estimate of drug-likeness (QED) is 0.713. The number of pyridine rings is 1. The molecule has 6 heteroatoms. The number of aliphatic hydroxyl groups is 1. The number of aromatic amines is 1. The van der Waals surface area contributed by atoms with E-state index in [4.69, 9.17) is 4.74 Å². The lowest BCUT2D eigenvalue weighted by atomic mass is 10.1. The highest BCUT2D eigenvalue weighted by molar-refractivity contribution is 6.05. The first kappa shape index (κ1) is 16.1. The molecule has 1 aliphatic rings. The number of cyclic esters (lactones) is 1. The maximum Gasteiger partial charge on any atom is 0.349 e. The number of ether oxygens (including phenoxy) is 1. The second-order valence-electron chi connectivity index (χ2n) is 6.05. The van der Waals surface area contributed by atoms with E-state index in [-0.39, 0.29) is 12.2 Å². The van der Waals surface area contributed by atoms with E-state index >= 15 is 0 Å². The molecule has 0 unspecified atom stereocenters. The van der Waals surface area contributed by atoms with Gasteiger partial charge in [-0.15, -0.1) is 0 Å². The molecule has 0 saturated heterocycles. The molecule has 3 heterocycles. The van der Waals surface area contributed by atoms with Crippen LogP contribution in [0.5, 0.6) is 0 Å². The van der Waals surface area contributed by atoms with E-state index < -0.39 is 11.5 Å². The molecule has 0 amide bonds. The number of nitrogens with one attached hydrogen (secondary N) is 1. The highest BCUT2D eigenvalue weighted by Crippen LogP contribution is 2.30. The molecule has 0 aliphatic carbocycles. The number of aliphatic hydroxyl groups excluding tert-OH is 1. The topological polar surface area (TPSA) is 84.3 Å². The third kappa shape index (κ3) is 2.57. The van der Waals surface area contributed by atoms with E-state index in [0.717, 1.165) is 11.4 Å². The molecule has 3 aromatic rings. The molecule has 2 aromatic heterocycles. The van der Waals surface area contributed by atoms with E-state index in [9.17, 15) is 14.7 Å². The summed E-state index contributed by atoms with van der Waals surface area (Å²) < 4.78 is 7.21. The van der Waals surface area contributed by atoms with Crippen LogP contribution in [0.4, 0.5) is 0 Å². The minimum Gasteiger partial charge on any atom is -0.422 e. The summed E-state index contributed by atoms with van der Waals surface area (Å²) in [4.78, 5) is 26.8. The molecule has 2 N–H and O–H groups in total. The van der Waals surface area contributed by atoms with E-state index in [1.54, 1.807) is 25.1 Å². The van der Waals surface area contributed by atoms with Crippen molar-refractivity contribution in [3.05, 3.63) is 87.1 Å². The number of hydrogen-bond donors (Lipinski definition) is 2. The summed E-state index contributed by atoms with van der Waals surface area (Å²) in [5.74, 6) is -0.341. The molecule has 0 radical (unpaired) electrons. The highest BCUT2D eigenvalue weighted by Gasteiger charge is 2.30. The van der Waals surface area contributed by atoms with Crippen LogP contribution in [0.3, 0.4) is 0 Å². The molecule has 0 bridgehead atoms. The fourth-order valence-electron chi connectivity index (χ4n) is 3.16. The fraction of sp³-hybridized carbons (Fsp3) is 0.100. The van der Waals surface area contributed by atoms with Gasteiger partial charge in [0.15, 0.2) is 0 Å². The van der Waals surface area contributed by atoms with Crippen molar-refractivity contribution in [3.8, 4) is 5.69 Å². The van der Waals surface area contributed by atoms with Gasteiger partial charge in [-0.25, -0.2) is 4.79 Å². The van der Waals surface area contributed by atoms with E-state index in [2.05, 4.69) is 4.98 Å². The van der Waals surface area contributed by atoms with Gasteiger partial charge < -0.3 is 19.4 Å². The monoisotopic (exact) mass is 348 g/mol. The first-order chi connectivity index (χ1) is 12.6. The number of benzene rings is 1. The van der Waals surface area contributed by atoms with Gasteiger partial charge >= 0.3 is 5.97 Å². The molecule has 130 valence electrons. The van der Waals surface area contributed by atoms with Crippen molar-refractivity contribution in [2.75, 3.05) is 0 Å². The van der Waals surface area contributed by atoms with Crippen LogP contribution in [-0.4, -0.2) is 20.6 Å². The first-order valence-corrected chi connectivity index (χ1v) is 8.13. The van der Waals surface area contributed by atoms with Crippen LogP contribution in [0.25, 0.3) is 17.5 Å². The summed E-state index contributed by atoms with van der Waals surface area (Å²) in [6.45, 7) is 1.62. The Bertz CT molecular complexity index is 1090. The van der Waals surface area contributed by atoms with Crippen molar-refractivity contribution in [2.24, 2.45) is 0 Å². The Hall–Kier alpha value is -3.38. The predicted molar refractivity (Wildman–Crippen MR) is 96.8 cm³/mol. The lowest BCUT2D eigenvalue weighted by Crippen LogP contribution is -2.16. The average molecular weight is 348 g/mol. The largest absolute Gasteiger partial charge is 0.422 e. The van der Waals surface area contributed by atoms with Crippen molar-refractivity contribution >= 4 is 17.8 Å². The zero-order chi connectivity index (χ0) is 18.3. The van der Waals surface area contributed by atoms with Gasteiger partial charge in [0.25, 0.3) is 5.56 Å². The Morgan fingerprint density at radius 3 is 2.65 bits per heavy atom. The summed E-state index contributed by atoms with van der Waals surface area (Å²) in [5, 5.41) is 9.65. The van der Waals surface area contributed by atoms with Crippen LogP contribution in [0.2, 0.25) is 0 Å². The molecule has 26 heavy (non-hydrogen) atoms. The number of rotatable bonds is 3. The van der Waals surface area contributed by atoms with Crippen molar-refractivity contribution < 1.29 is 14.6 Å². The summed E-state index contributed by atoms with van der Waals surface area (Å²) in [6, 6.07) is 14.9. The normalized spacial score (nSPS) is 14.5. The first-order valence-electron chi connectivity index (χ1n) is 8.13. The molecular formula is C20H16N2O4. The number of aryl methyl sites for hydroxylation is 1. The zero-order valence-corrected chi connectivity index (χ0v) is 14.0. The van der Waals surface area contributed by atoms with Crippen LogP contribution in [0.1, 0.15) is 33.0 Å². The number of para-hydroxylation sites is 1. The van der Waals surface area contributed by atoms with Crippen LogP contribution in [-0.2, 0) is 11.3 Å². The minimum absolute atomic E-state index is 0.0158. The maximum absolute atomic E-state index is 12.1. The van der Waals surface area contributed by atoms with E-state index in [0.29, 0.717) is 22.7 Å². The molecule has 1 aromatic carbocycles. The average Bonchev–Trinajstić information content (AvgIpc) is 3.17. The maximum atomic E-state index is 12.1. The number of H-pyrrole nitrogens is 1. The van der Waals surface area contributed by atoms with Crippen molar-refractivity contribution in [1.82, 2.24) is 9.55 Å². The van der Waals surface area contributed by atoms with Crippen molar-refractivity contribution in [1.29, 1.82) is 0 Å². The summed E-state index contributed by atoms with van der Waals surface area (Å²) in [5.41, 5.74) is 2.99. The smallest absolute Gasteiger partial charge is 0.349 e. The third-order valence-corrected chi connectivity index (χ3v) is 4.29. The molecule has 0 fully saturated rings. The summed E-state index contributed by atoms with van der Waals surface area (Å²) >= 11 is 0. The lowest BCUT2D eigenvalue weighted by molar-refractivity contribution is 0.0715. The third-order valence-electron chi connectivity index (χ3n) is 4.29. The SMILES string of the molecule is Cc1cc2c(c(=O)[nH]1)C(=O)O/C2=C\c1ccc(CO)n1-c1ccccc1. The second kappa shape index (κ2) is 6.16. The fourth-order valence-corrected chi connectivity index (χ4v) is 3.16. The predicted octanol–water partition coefficient (Wildman–Crippen LogP) is 2.63. The number of fused-ring (bicyclic) bond motifs is 1. The number of hydrogen-bond acceptors (Lipinski definition) is 4. The Balaban J connectivity index is 1.89. The summed E-state index contributed by atoms with van der Waals surface area (Å²) in [6.07, 6.45) is 1.70. The lowest BCUT2D eigenvalue weighted by Gasteiger charge is -2.11. The molecular weight excluding hydrogens is 332 g/mol. The number of esters is 1. The van der Waals surface area contributed by atoms with Crippen LogP contribution >= 0.6 is 0 Å². The van der Waals surface area contributed by atoms with Crippen LogP contribution < -0.4 is 5.56 Å². The number of aromatic nitrogens is 2. The van der Waals surface area contributed by atoms with E-state index in [1.807, 2.05) is 41.0 Å². The number of carbonyl (C=O) groups is 1. The minimum atomic E-state index is -0.660. The Morgan fingerprint density at radius 1 is 1.15 bits per heavy atom. The van der Waals surface area contributed by atoms with Gasteiger partial charge in [-0.05, 0) is 37.3 Å². The van der Waals surface area contributed by atoms with Gasteiger partial charge in [-0.2, -0.15) is 0 Å². The molecule has 0 spiro atoms. The van der Waals surface area contributed by atoms with Crippen LogP contribution in [0.15, 0.2) is 53.3 Å². The Kier molecular flexibility index (Phi) is 3.82.